The van der Waals surface area contributed by atoms with Crippen molar-refractivity contribution in [1.82, 2.24) is 10.4 Å². The van der Waals surface area contributed by atoms with Gasteiger partial charge in [-0.25, -0.2) is 8.42 Å². The number of sulfone groups is 1. The third-order valence-corrected chi connectivity index (χ3v) is 2.90. The van der Waals surface area contributed by atoms with E-state index in [1.807, 2.05) is 6.07 Å². The molecule has 84 valence electrons. The second kappa shape index (κ2) is 4.05. The molecule has 16 heavy (non-hydrogen) atoms. The van der Waals surface area contributed by atoms with Crippen LogP contribution in [0.2, 0.25) is 0 Å². The van der Waals surface area contributed by atoms with Crippen LogP contribution in [0.5, 0.6) is 0 Å². The summed E-state index contributed by atoms with van der Waals surface area (Å²) in [6.45, 7) is 0. The van der Waals surface area contributed by atoms with Crippen molar-refractivity contribution in [2.24, 2.45) is 0 Å². The summed E-state index contributed by atoms with van der Waals surface area (Å²) in [6.07, 6.45) is 2.66. The van der Waals surface area contributed by atoms with Gasteiger partial charge in [-0.05, 0) is 5.56 Å². The minimum atomic E-state index is -3.07. The van der Waals surface area contributed by atoms with Gasteiger partial charge in [-0.3, -0.25) is 0 Å². The minimum Gasteiger partial charge on any atom is -0.337 e. The molecule has 0 atom stereocenters. The molecule has 0 bridgehead atoms. The molecule has 0 amide bonds. The van der Waals surface area contributed by atoms with Crippen molar-refractivity contribution < 1.29 is 12.9 Å². The normalized spacial score (nSPS) is 11.6. The quantitative estimate of drug-likeness (QED) is 0.805. The summed E-state index contributed by atoms with van der Waals surface area (Å²) in [7, 11) is -3.07. The van der Waals surface area contributed by atoms with E-state index in [1.165, 1.54) is 12.5 Å². The number of benzene rings is 1. The van der Waals surface area contributed by atoms with Crippen molar-refractivity contribution in [2.45, 2.75) is 5.75 Å². The fraction of sp³-hybridized carbons (Fsp3) is 0.200. The highest BCUT2D eigenvalue weighted by atomic mass is 32.2. The fourth-order valence-corrected chi connectivity index (χ4v) is 2.27. The largest absolute Gasteiger partial charge is 0.337 e. The molecule has 0 spiro atoms. The van der Waals surface area contributed by atoms with Crippen LogP contribution in [0.25, 0.3) is 11.3 Å². The summed E-state index contributed by atoms with van der Waals surface area (Å²) < 4.78 is 27.4. The lowest BCUT2D eigenvalue weighted by atomic mass is 10.1. The maximum absolute atomic E-state index is 11.3. The molecular weight excluding hydrogens is 228 g/mol. The lowest BCUT2D eigenvalue weighted by molar-refractivity contribution is 0.403. The summed E-state index contributed by atoms with van der Waals surface area (Å²) >= 11 is 0. The van der Waals surface area contributed by atoms with Gasteiger partial charge < -0.3 is 4.52 Å². The van der Waals surface area contributed by atoms with Gasteiger partial charge in [-0.2, -0.15) is 0 Å². The highest BCUT2D eigenvalue weighted by molar-refractivity contribution is 7.89. The van der Waals surface area contributed by atoms with Crippen LogP contribution >= 0.6 is 0 Å². The molecular formula is C10H10N2O3S. The van der Waals surface area contributed by atoms with Gasteiger partial charge in [0.1, 0.15) is 0 Å². The molecule has 1 aromatic heterocycles. The van der Waals surface area contributed by atoms with Crippen molar-refractivity contribution >= 4 is 9.84 Å². The molecule has 1 aromatic carbocycles. The van der Waals surface area contributed by atoms with E-state index in [2.05, 4.69) is 10.4 Å². The Bertz CT molecular complexity index is 576. The van der Waals surface area contributed by atoms with Crippen molar-refractivity contribution in [3.63, 3.8) is 0 Å². The Morgan fingerprint density at radius 2 is 2.06 bits per heavy atom. The van der Waals surface area contributed by atoms with Crippen molar-refractivity contribution in [3.05, 3.63) is 36.0 Å². The van der Waals surface area contributed by atoms with Gasteiger partial charge in [0, 0.05) is 17.1 Å². The molecule has 0 aliphatic heterocycles. The van der Waals surface area contributed by atoms with E-state index in [9.17, 15) is 8.42 Å². The third-order valence-electron chi connectivity index (χ3n) is 2.06. The number of aromatic nitrogens is 2. The first-order valence-electron chi connectivity index (χ1n) is 4.59. The van der Waals surface area contributed by atoms with Crippen molar-refractivity contribution in [1.29, 1.82) is 0 Å². The lowest BCUT2D eigenvalue weighted by Gasteiger charge is -2.04. The first-order chi connectivity index (χ1) is 7.56. The molecule has 0 fully saturated rings. The molecule has 0 aliphatic carbocycles. The van der Waals surface area contributed by atoms with E-state index >= 15 is 0 Å². The first kappa shape index (κ1) is 10.8. The molecule has 0 aliphatic rings. The van der Waals surface area contributed by atoms with E-state index in [-0.39, 0.29) is 5.75 Å². The van der Waals surface area contributed by atoms with Gasteiger partial charge in [0.05, 0.1) is 11.9 Å². The molecule has 5 nitrogen and oxygen atoms in total. The van der Waals surface area contributed by atoms with Crippen LogP contribution in [0, 0.1) is 0 Å². The summed E-state index contributed by atoms with van der Waals surface area (Å²) in [4.78, 5) is 0. The molecule has 0 N–H and O–H groups in total. The predicted molar refractivity (Wildman–Crippen MR) is 58.3 cm³/mol. The van der Waals surface area contributed by atoms with Crippen LogP contribution in [-0.2, 0) is 15.6 Å². The van der Waals surface area contributed by atoms with E-state index in [0.717, 1.165) is 0 Å². The average Bonchev–Trinajstić information content (AvgIpc) is 2.69. The Kier molecular flexibility index (Phi) is 2.74. The van der Waals surface area contributed by atoms with Gasteiger partial charge >= 0.3 is 0 Å². The van der Waals surface area contributed by atoms with E-state index < -0.39 is 9.84 Å². The molecule has 0 unspecified atom stereocenters. The van der Waals surface area contributed by atoms with Crippen LogP contribution in [0.4, 0.5) is 0 Å². The number of rotatable bonds is 3. The van der Waals surface area contributed by atoms with Crippen molar-refractivity contribution in [2.75, 3.05) is 6.26 Å². The standard InChI is InChI=1S/C10H10N2O3S/c1-16(13,14)7-8-4-2-3-5-9(8)10-6-11-12-15-10/h2-6H,7H2,1H3. The van der Waals surface area contributed by atoms with Crippen LogP contribution in [0.1, 0.15) is 5.56 Å². The van der Waals surface area contributed by atoms with Gasteiger partial charge in [0.15, 0.2) is 15.6 Å². The zero-order chi connectivity index (χ0) is 11.6. The summed E-state index contributed by atoms with van der Waals surface area (Å²) in [5.74, 6) is 0.448. The van der Waals surface area contributed by atoms with Gasteiger partial charge in [0.2, 0.25) is 0 Å². The van der Waals surface area contributed by atoms with Gasteiger partial charge in [0.25, 0.3) is 0 Å². The zero-order valence-corrected chi connectivity index (χ0v) is 9.44. The average molecular weight is 238 g/mol. The maximum Gasteiger partial charge on any atom is 0.187 e. The highest BCUT2D eigenvalue weighted by Crippen LogP contribution is 2.23. The topological polar surface area (TPSA) is 73.1 Å². The maximum atomic E-state index is 11.3. The van der Waals surface area contributed by atoms with Crippen LogP contribution < -0.4 is 0 Å². The molecule has 2 aromatic rings. The van der Waals surface area contributed by atoms with E-state index in [4.69, 9.17) is 4.52 Å². The number of hydrogen-bond donors (Lipinski definition) is 0. The third kappa shape index (κ3) is 2.46. The monoisotopic (exact) mass is 238 g/mol. The Balaban J connectivity index is 2.47. The summed E-state index contributed by atoms with van der Waals surface area (Å²) in [6, 6.07) is 7.12. The second-order valence-corrected chi connectivity index (χ2v) is 5.65. The Morgan fingerprint density at radius 1 is 1.31 bits per heavy atom. The first-order valence-corrected chi connectivity index (χ1v) is 6.66. The Labute approximate surface area is 93.0 Å². The molecule has 6 heteroatoms. The number of nitrogens with zero attached hydrogens (tertiary/aromatic N) is 2. The van der Waals surface area contributed by atoms with E-state index in [1.54, 1.807) is 18.2 Å². The molecule has 0 saturated heterocycles. The zero-order valence-electron chi connectivity index (χ0n) is 8.62. The van der Waals surface area contributed by atoms with Gasteiger partial charge in [-0.1, -0.05) is 24.3 Å². The SMILES string of the molecule is CS(=O)(=O)Cc1ccccc1-c1cnno1. The van der Waals surface area contributed by atoms with Crippen LogP contribution in [0.3, 0.4) is 0 Å². The molecule has 2 rings (SSSR count). The predicted octanol–water partition coefficient (Wildman–Crippen LogP) is 1.28. The highest BCUT2D eigenvalue weighted by Gasteiger charge is 2.12. The van der Waals surface area contributed by atoms with Crippen LogP contribution in [0.15, 0.2) is 35.0 Å². The van der Waals surface area contributed by atoms with E-state index in [0.29, 0.717) is 16.9 Å². The lowest BCUT2D eigenvalue weighted by Crippen LogP contribution is -2.01. The second-order valence-electron chi connectivity index (χ2n) is 3.51. The summed E-state index contributed by atoms with van der Waals surface area (Å²) in [5, 5.41) is 6.93. The Hall–Kier alpha value is -1.69. The summed E-state index contributed by atoms with van der Waals surface area (Å²) in [5.41, 5.74) is 1.39. The van der Waals surface area contributed by atoms with Crippen molar-refractivity contribution in [3.8, 4) is 11.3 Å². The van der Waals surface area contributed by atoms with Gasteiger partial charge in [-0.15, -0.1) is 5.10 Å². The molecule has 0 saturated carbocycles. The molecule has 0 radical (unpaired) electrons. The fourth-order valence-electron chi connectivity index (χ4n) is 1.45. The minimum absolute atomic E-state index is 0.0239. The van der Waals surface area contributed by atoms with Crippen LogP contribution in [-0.4, -0.2) is 25.0 Å². The smallest absolute Gasteiger partial charge is 0.187 e. The number of hydrogen-bond acceptors (Lipinski definition) is 5. The molecule has 1 heterocycles. The Morgan fingerprint density at radius 3 is 2.69 bits per heavy atom.